The standard InChI is InChI=1S/C23H32N4O2/c1-24-23(26-16-22(18-28)21-5-3-2-4-6-21)25-15-19-7-9-20(10-8-19)17-27-11-13-29-14-12-27/h2-10,22,28H,11-18H2,1H3,(H2,24,25,26). The van der Waals surface area contributed by atoms with Crippen molar-refractivity contribution in [3.05, 3.63) is 71.3 Å². The van der Waals surface area contributed by atoms with Gasteiger partial charge in [-0.15, -0.1) is 0 Å². The van der Waals surface area contributed by atoms with Gasteiger partial charge in [-0.25, -0.2) is 0 Å². The van der Waals surface area contributed by atoms with Crippen LogP contribution in [0.25, 0.3) is 0 Å². The molecular formula is C23H32N4O2. The van der Waals surface area contributed by atoms with Gasteiger partial charge in [-0.05, 0) is 16.7 Å². The summed E-state index contributed by atoms with van der Waals surface area (Å²) >= 11 is 0. The summed E-state index contributed by atoms with van der Waals surface area (Å²) in [5, 5.41) is 16.4. The molecular weight excluding hydrogens is 364 g/mol. The normalized spacial score (nSPS) is 16.4. The van der Waals surface area contributed by atoms with Gasteiger partial charge in [0.15, 0.2) is 5.96 Å². The number of hydrogen-bond acceptors (Lipinski definition) is 4. The maximum Gasteiger partial charge on any atom is 0.191 e. The summed E-state index contributed by atoms with van der Waals surface area (Å²) in [6.45, 7) is 6.06. The number of morpholine rings is 1. The molecule has 2 aromatic rings. The first-order valence-electron chi connectivity index (χ1n) is 10.3. The van der Waals surface area contributed by atoms with E-state index in [-0.39, 0.29) is 12.5 Å². The number of nitrogens with zero attached hydrogens (tertiary/aromatic N) is 2. The van der Waals surface area contributed by atoms with E-state index >= 15 is 0 Å². The van der Waals surface area contributed by atoms with Gasteiger partial charge >= 0.3 is 0 Å². The molecule has 1 aliphatic rings. The Hall–Kier alpha value is -2.41. The summed E-state index contributed by atoms with van der Waals surface area (Å²) in [4.78, 5) is 6.72. The van der Waals surface area contributed by atoms with E-state index < -0.39 is 0 Å². The van der Waals surface area contributed by atoms with Crippen LogP contribution < -0.4 is 10.6 Å². The van der Waals surface area contributed by atoms with E-state index in [2.05, 4.69) is 44.8 Å². The third-order valence-corrected chi connectivity index (χ3v) is 5.22. The van der Waals surface area contributed by atoms with E-state index in [9.17, 15) is 5.11 Å². The first-order valence-corrected chi connectivity index (χ1v) is 10.3. The van der Waals surface area contributed by atoms with Gasteiger partial charge in [0, 0.05) is 45.7 Å². The summed E-state index contributed by atoms with van der Waals surface area (Å²) in [5.74, 6) is 0.769. The second-order valence-electron chi connectivity index (χ2n) is 7.30. The number of aliphatic hydroxyl groups excluding tert-OH is 1. The zero-order chi connectivity index (χ0) is 20.3. The van der Waals surface area contributed by atoms with Crippen LogP contribution >= 0.6 is 0 Å². The summed E-state index contributed by atoms with van der Waals surface area (Å²) in [7, 11) is 1.76. The summed E-state index contributed by atoms with van der Waals surface area (Å²) in [5.41, 5.74) is 3.65. The zero-order valence-corrected chi connectivity index (χ0v) is 17.2. The largest absolute Gasteiger partial charge is 0.396 e. The van der Waals surface area contributed by atoms with Crippen LogP contribution in [0.3, 0.4) is 0 Å². The molecule has 1 heterocycles. The zero-order valence-electron chi connectivity index (χ0n) is 17.2. The minimum Gasteiger partial charge on any atom is -0.396 e. The molecule has 2 aromatic carbocycles. The highest BCUT2D eigenvalue weighted by Gasteiger charge is 2.12. The molecule has 3 rings (SSSR count). The van der Waals surface area contributed by atoms with Gasteiger partial charge in [0.25, 0.3) is 0 Å². The second-order valence-corrected chi connectivity index (χ2v) is 7.30. The number of hydrogen-bond donors (Lipinski definition) is 3. The van der Waals surface area contributed by atoms with E-state index in [1.54, 1.807) is 7.05 Å². The Morgan fingerprint density at radius 2 is 1.72 bits per heavy atom. The average molecular weight is 397 g/mol. The number of aliphatic imine (C=N–C) groups is 1. The molecule has 0 bridgehead atoms. The van der Waals surface area contributed by atoms with Crippen molar-refractivity contribution >= 4 is 5.96 Å². The summed E-state index contributed by atoms with van der Waals surface area (Å²) < 4.78 is 5.41. The first kappa shape index (κ1) is 21.3. The molecule has 0 aromatic heterocycles. The predicted octanol–water partition coefficient (Wildman–Crippen LogP) is 1.96. The second kappa shape index (κ2) is 11.6. The van der Waals surface area contributed by atoms with Gasteiger partial charge in [0.1, 0.15) is 0 Å². The smallest absolute Gasteiger partial charge is 0.191 e. The van der Waals surface area contributed by atoms with Gasteiger partial charge in [0.2, 0.25) is 0 Å². The number of guanidine groups is 1. The molecule has 1 saturated heterocycles. The quantitative estimate of drug-likeness (QED) is 0.470. The Morgan fingerprint density at radius 3 is 2.38 bits per heavy atom. The number of aliphatic hydroxyl groups is 1. The van der Waals surface area contributed by atoms with E-state index in [0.29, 0.717) is 13.1 Å². The lowest BCUT2D eigenvalue weighted by Gasteiger charge is -2.26. The predicted molar refractivity (Wildman–Crippen MR) is 117 cm³/mol. The Labute approximate surface area is 173 Å². The van der Waals surface area contributed by atoms with Gasteiger partial charge < -0.3 is 20.5 Å². The fourth-order valence-electron chi connectivity index (χ4n) is 3.42. The van der Waals surface area contributed by atoms with Gasteiger partial charge in [-0.2, -0.15) is 0 Å². The molecule has 0 spiro atoms. The third kappa shape index (κ3) is 6.85. The van der Waals surface area contributed by atoms with E-state index in [1.807, 2.05) is 30.3 Å². The van der Waals surface area contributed by atoms with Crippen molar-refractivity contribution in [3.8, 4) is 0 Å². The molecule has 6 heteroatoms. The fourth-order valence-corrected chi connectivity index (χ4v) is 3.42. The van der Waals surface area contributed by atoms with Crippen LogP contribution in [-0.2, 0) is 17.8 Å². The Morgan fingerprint density at radius 1 is 1.03 bits per heavy atom. The van der Waals surface area contributed by atoms with Gasteiger partial charge in [0.05, 0.1) is 19.8 Å². The van der Waals surface area contributed by atoms with Crippen LogP contribution in [-0.4, -0.2) is 62.5 Å². The topological polar surface area (TPSA) is 69.1 Å². The first-order chi connectivity index (χ1) is 14.3. The molecule has 0 saturated carbocycles. The third-order valence-electron chi connectivity index (χ3n) is 5.22. The minimum atomic E-state index is 0.0363. The molecule has 3 N–H and O–H groups in total. The molecule has 1 aliphatic heterocycles. The Bertz CT molecular complexity index is 743. The minimum absolute atomic E-state index is 0.0363. The number of rotatable bonds is 8. The molecule has 6 nitrogen and oxygen atoms in total. The lowest BCUT2D eigenvalue weighted by Crippen LogP contribution is -2.39. The van der Waals surface area contributed by atoms with Crippen LogP contribution in [0.4, 0.5) is 0 Å². The van der Waals surface area contributed by atoms with E-state index in [4.69, 9.17) is 4.74 Å². The molecule has 0 amide bonds. The highest BCUT2D eigenvalue weighted by molar-refractivity contribution is 5.79. The highest BCUT2D eigenvalue weighted by atomic mass is 16.5. The Balaban J connectivity index is 1.45. The monoisotopic (exact) mass is 396 g/mol. The molecule has 29 heavy (non-hydrogen) atoms. The number of benzene rings is 2. The van der Waals surface area contributed by atoms with E-state index in [0.717, 1.165) is 44.4 Å². The maximum absolute atomic E-state index is 9.71. The number of ether oxygens (including phenoxy) is 1. The lowest BCUT2D eigenvalue weighted by atomic mass is 10.0. The van der Waals surface area contributed by atoms with E-state index in [1.165, 1.54) is 11.1 Å². The molecule has 1 fully saturated rings. The summed E-state index contributed by atoms with van der Waals surface area (Å²) in [6, 6.07) is 18.8. The van der Waals surface area contributed by atoms with Gasteiger partial charge in [-0.3, -0.25) is 9.89 Å². The van der Waals surface area contributed by atoms with Crippen molar-refractivity contribution < 1.29 is 9.84 Å². The molecule has 1 unspecified atom stereocenters. The van der Waals surface area contributed by atoms with Crippen LogP contribution in [0, 0.1) is 0 Å². The average Bonchev–Trinajstić information content (AvgIpc) is 2.78. The fraction of sp³-hybridized carbons (Fsp3) is 0.435. The molecule has 156 valence electrons. The van der Waals surface area contributed by atoms with Crippen molar-refractivity contribution in [2.75, 3.05) is 46.5 Å². The van der Waals surface area contributed by atoms with Crippen LogP contribution in [0.2, 0.25) is 0 Å². The van der Waals surface area contributed by atoms with Crippen LogP contribution in [0.15, 0.2) is 59.6 Å². The highest BCUT2D eigenvalue weighted by Crippen LogP contribution is 2.13. The molecule has 1 atom stereocenters. The van der Waals surface area contributed by atoms with Crippen molar-refractivity contribution in [1.29, 1.82) is 0 Å². The van der Waals surface area contributed by atoms with Crippen molar-refractivity contribution in [1.82, 2.24) is 15.5 Å². The van der Waals surface area contributed by atoms with Crippen LogP contribution in [0.5, 0.6) is 0 Å². The summed E-state index contributed by atoms with van der Waals surface area (Å²) in [6.07, 6.45) is 0. The molecule has 0 radical (unpaired) electrons. The van der Waals surface area contributed by atoms with Crippen molar-refractivity contribution in [2.24, 2.45) is 4.99 Å². The van der Waals surface area contributed by atoms with Crippen LogP contribution in [0.1, 0.15) is 22.6 Å². The van der Waals surface area contributed by atoms with Gasteiger partial charge in [-0.1, -0.05) is 54.6 Å². The lowest BCUT2D eigenvalue weighted by molar-refractivity contribution is 0.0342. The van der Waals surface area contributed by atoms with Crippen molar-refractivity contribution in [3.63, 3.8) is 0 Å². The molecule has 0 aliphatic carbocycles. The maximum atomic E-state index is 9.71. The SMILES string of the molecule is CN=C(NCc1ccc(CN2CCOCC2)cc1)NCC(CO)c1ccccc1. The number of nitrogens with one attached hydrogen (secondary N) is 2. The Kier molecular flexibility index (Phi) is 8.49. The van der Waals surface area contributed by atoms with Crippen molar-refractivity contribution in [2.45, 2.75) is 19.0 Å².